The third-order valence-corrected chi connectivity index (χ3v) is 3.72. The molecular weight excluding hydrogens is 244 g/mol. The van der Waals surface area contributed by atoms with Crippen molar-refractivity contribution in [2.75, 3.05) is 0 Å². The topological polar surface area (TPSA) is 67.5 Å². The van der Waals surface area contributed by atoms with Gasteiger partial charge in [0.2, 0.25) is 0 Å². The molecule has 1 aromatic carbocycles. The Hall–Kier alpha value is -2.10. The van der Waals surface area contributed by atoms with Gasteiger partial charge < -0.3 is 9.52 Å². The smallest absolute Gasteiger partial charge is 0.339 e. The van der Waals surface area contributed by atoms with Gasteiger partial charge >= 0.3 is 5.63 Å². The number of fused-ring (bicyclic) bond motifs is 3. The van der Waals surface area contributed by atoms with Crippen molar-refractivity contribution < 1.29 is 14.3 Å². The molecule has 0 fully saturated rings. The molecule has 1 aliphatic rings. The van der Waals surface area contributed by atoms with E-state index in [1.807, 2.05) is 0 Å². The van der Waals surface area contributed by atoms with Gasteiger partial charge in [-0.2, -0.15) is 0 Å². The van der Waals surface area contributed by atoms with Crippen molar-refractivity contribution in [3.63, 3.8) is 0 Å². The quantitative estimate of drug-likeness (QED) is 0.630. The molecule has 0 radical (unpaired) electrons. The first-order chi connectivity index (χ1) is 9.09. The van der Waals surface area contributed by atoms with Crippen LogP contribution in [0.4, 0.5) is 0 Å². The Labute approximate surface area is 109 Å². The minimum absolute atomic E-state index is 0.1000. The van der Waals surface area contributed by atoms with E-state index >= 15 is 0 Å². The van der Waals surface area contributed by atoms with Crippen LogP contribution in [0.3, 0.4) is 0 Å². The summed E-state index contributed by atoms with van der Waals surface area (Å²) < 4.78 is 5.30. The molecule has 1 N–H and O–H groups in total. The number of phenolic OH excluding ortho intramolecular Hbond substituents is 1. The molecule has 0 spiro atoms. The molecule has 4 heteroatoms. The van der Waals surface area contributed by atoms with Gasteiger partial charge in [0.05, 0.1) is 0 Å². The van der Waals surface area contributed by atoms with E-state index in [2.05, 4.69) is 0 Å². The Balaban J connectivity index is 2.47. The highest BCUT2D eigenvalue weighted by molar-refractivity contribution is 6.07. The zero-order valence-corrected chi connectivity index (χ0v) is 10.7. The zero-order valence-electron chi connectivity index (χ0n) is 10.7. The van der Waals surface area contributed by atoms with Crippen molar-refractivity contribution in [2.45, 2.75) is 32.6 Å². The number of phenols is 1. The average molecular weight is 258 g/mol. The maximum absolute atomic E-state index is 12.0. The van der Waals surface area contributed by atoms with E-state index in [0.717, 1.165) is 42.2 Å². The van der Waals surface area contributed by atoms with Crippen LogP contribution in [0.15, 0.2) is 21.3 Å². The molecule has 3 rings (SSSR count). The molecule has 0 amide bonds. The number of hydrogen-bond donors (Lipinski definition) is 1. The molecule has 2 aromatic rings. The van der Waals surface area contributed by atoms with Gasteiger partial charge in [-0.15, -0.1) is 0 Å². The van der Waals surface area contributed by atoms with Crippen molar-refractivity contribution in [3.8, 4) is 5.75 Å². The second-order valence-corrected chi connectivity index (χ2v) is 4.95. The first-order valence-corrected chi connectivity index (χ1v) is 6.41. The fourth-order valence-corrected chi connectivity index (χ4v) is 2.84. The van der Waals surface area contributed by atoms with Gasteiger partial charge in [-0.05, 0) is 50.3 Å². The number of ketones is 1. The number of Topliss-reactive ketones (excluding diaryl/α,β-unsaturated/α-hetero) is 1. The molecule has 0 atom stereocenters. The molecule has 19 heavy (non-hydrogen) atoms. The van der Waals surface area contributed by atoms with Crippen LogP contribution in [0.2, 0.25) is 0 Å². The van der Waals surface area contributed by atoms with Crippen LogP contribution in [0, 0.1) is 0 Å². The van der Waals surface area contributed by atoms with Crippen LogP contribution in [-0.4, -0.2) is 10.9 Å². The highest BCUT2D eigenvalue weighted by atomic mass is 16.4. The van der Waals surface area contributed by atoms with Crippen LogP contribution in [0.1, 0.15) is 41.3 Å². The number of aryl methyl sites for hydroxylation is 1. The summed E-state index contributed by atoms with van der Waals surface area (Å²) in [7, 11) is 0. The largest absolute Gasteiger partial charge is 0.507 e. The van der Waals surface area contributed by atoms with Gasteiger partial charge in [-0.3, -0.25) is 4.79 Å². The van der Waals surface area contributed by atoms with Crippen LogP contribution in [0.25, 0.3) is 11.0 Å². The highest BCUT2D eigenvalue weighted by Gasteiger charge is 2.22. The van der Waals surface area contributed by atoms with Gasteiger partial charge in [0.25, 0.3) is 0 Å². The lowest BCUT2D eigenvalue weighted by Gasteiger charge is -2.17. The lowest BCUT2D eigenvalue weighted by atomic mass is 9.89. The van der Waals surface area contributed by atoms with Gasteiger partial charge in [0.1, 0.15) is 11.3 Å². The predicted octanol–water partition coefficient (Wildman–Crippen LogP) is 2.58. The maximum Gasteiger partial charge on any atom is 0.339 e. The molecule has 1 heterocycles. The molecular formula is C15H14O4. The summed E-state index contributed by atoms with van der Waals surface area (Å²) >= 11 is 0. The number of benzene rings is 1. The molecule has 0 saturated heterocycles. The molecule has 1 aromatic heterocycles. The van der Waals surface area contributed by atoms with E-state index in [1.54, 1.807) is 6.07 Å². The second kappa shape index (κ2) is 4.23. The summed E-state index contributed by atoms with van der Waals surface area (Å²) in [5.41, 5.74) is 1.63. The Morgan fingerprint density at radius 3 is 2.58 bits per heavy atom. The Morgan fingerprint density at radius 1 is 1.21 bits per heavy atom. The van der Waals surface area contributed by atoms with E-state index in [4.69, 9.17) is 4.42 Å². The fourth-order valence-electron chi connectivity index (χ4n) is 2.84. The van der Waals surface area contributed by atoms with Crippen molar-refractivity contribution in [1.29, 1.82) is 0 Å². The lowest BCUT2D eigenvalue weighted by molar-refractivity contribution is 0.101. The van der Waals surface area contributed by atoms with Crippen LogP contribution >= 0.6 is 0 Å². The number of rotatable bonds is 1. The Bertz CT molecular complexity index is 740. The summed E-state index contributed by atoms with van der Waals surface area (Å²) in [4.78, 5) is 23.6. The third-order valence-electron chi connectivity index (χ3n) is 3.72. The molecule has 0 aliphatic heterocycles. The molecule has 98 valence electrons. The standard InChI is InChI=1S/C15H14O4/c1-8(16)13-12(17)7-6-10-9-4-2-3-5-11(9)15(18)19-14(10)13/h6-7,17H,2-5H2,1H3. The number of carbonyl (C=O) groups is 1. The summed E-state index contributed by atoms with van der Waals surface area (Å²) in [6, 6.07) is 3.22. The lowest BCUT2D eigenvalue weighted by Crippen LogP contribution is -2.16. The van der Waals surface area contributed by atoms with E-state index in [1.165, 1.54) is 13.0 Å². The zero-order chi connectivity index (χ0) is 13.6. The normalized spacial score (nSPS) is 14.4. The minimum atomic E-state index is -0.379. The second-order valence-electron chi connectivity index (χ2n) is 4.95. The van der Waals surface area contributed by atoms with Crippen molar-refractivity contribution in [2.24, 2.45) is 0 Å². The average Bonchev–Trinajstić information content (AvgIpc) is 2.38. The minimum Gasteiger partial charge on any atom is -0.507 e. The van der Waals surface area contributed by atoms with Gasteiger partial charge in [-0.25, -0.2) is 4.79 Å². The predicted molar refractivity (Wildman–Crippen MR) is 70.8 cm³/mol. The molecule has 0 unspecified atom stereocenters. The van der Waals surface area contributed by atoms with Gasteiger partial charge in [0.15, 0.2) is 11.4 Å². The van der Waals surface area contributed by atoms with Crippen LogP contribution in [0.5, 0.6) is 5.75 Å². The summed E-state index contributed by atoms with van der Waals surface area (Å²) in [5.74, 6) is -0.444. The van der Waals surface area contributed by atoms with Crippen molar-refractivity contribution in [1.82, 2.24) is 0 Å². The number of carbonyl (C=O) groups excluding carboxylic acids is 1. The van der Waals surface area contributed by atoms with Crippen LogP contribution in [-0.2, 0) is 12.8 Å². The third kappa shape index (κ3) is 1.75. The van der Waals surface area contributed by atoms with E-state index in [-0.39, 0.29) is 28.3 Å². The molecule has 0 saturated carbocycles. The Kier molecular flexibility index (Phi) is 2.66. The first-order valence-electron chi connectivity index (χ1n) is 6.41. The summed E-state index contributed by atoms with van der Waals surface area (Å²) in [6.45, 7) is 1.36. The maximum atomic E-state index is 12.0. The van der Waals surface area contributed by atoms with Crippen molar-refractivity contribution in [3.05, 3.63) is 39.2 Å². The van der Waals surface area contributed by atoms with E-state index in [9.17, 15) is 14.7 Å². The number of aromatic hydroxyl groups is 1. The van der Waals surface area contributed by atoms with E-state index < -0.39 is 0 Å². The van der Waals surface area contributed by atoms with E-state index in [0.29, 0.717) is 0 Å². The van der Waals surface area contributed by atoms with Gasteiger partial charge in [0, 0.05) is 10.9 Å². The molecule has 0 bridgehead atoms. The Morgan fingerprint density at radius 2 is 1.89 bits per heavy atom. The molecule has 4 nitrogen and oxygen atoms in total. The summed E-state index contributed by atoms with van der Waals surface area (Å²) in [6.07, 6.45) is 3.56. The van der Waals surface area contributed by atoms with Gasteiger partial charge in [-0.1, -0.05) is 0 Å². The number of hydrogen-bond acceptors (Lipinski definition) is 4. The monoisotopic (exact) mass is 258 g/mol. The molecule has 1 aliphatic carbocycles. The first kappa shape index (κ1) is 12.0. The fraction of sp³-hybridized carbons (Fsp3) is 0.333. The summed E-state index contributed by atoms with van der Waals surface area (Å²) in [5, 5.41) is 10.6. The van der Waals surface area contributed by atoms with Crippen LogP contribution < -0.4 is 5.63 Å². The van der Waals surface area contributed by atoms with Crippen molar-refractivity contribution >= 4 is 16.8 Å². The SMILES string of the molecule is CC(=O)c1c(O)ccc2c3c(c(=O)oc12)CCCC3. The highest BCUT2D eigenvalue weighted by Crippen LogP contribution is 2.32.